The van der Waals surface area contributed by atoms with Crippen LogP contribution in [0.4, 0.5) is 11.9 Å². The number of nitrogens with one attached hydrogen (secondary N) is 1. The summed E-state index contributed by atoms with van der Waals surface area (Å²) in [5.41, 5.74) is -0.329. The minimum absolute atomic E-state index is 0.329. The number of H-pyrrole nitrogens is 1. The monoisotopic (exact) mass is 307 g/mol. The van der Waals surface area contributed by atoms with Crippen LogP contribution in [0.15, 0.2) is 4.79 Å². The maximum atomic E-state index is 12.0. The first-order chi connectivity index (χ1) is 10.8. The van der Waals surface area contributed by atoms with Gasteiger partial charge in [0.25, 0.3) is 5.78 Å². The van der Waals surface area contributed by atoms with Crippen LogP contribution in [0.5, 0.6) is 0 Å². The zero-order valence-corrected chi connectivity index (χ0v) is 12.1. The Kier molecular flexibility index (Phi) is 3.39. The summed E-state index contributed by atoms with van der Waals surface area (Å²) in [6, 6.07) is 0. The molecule has 118 valence electrons. The Morgan fingerprint density at radius 3 is 2.23 bits per heavy atom. The Morgan fingerprint density at radius 1 is 0.909 bits per heavy atom. The molecule has 2 aliphatic rings. The molecule has 0 spiro atoms. The molecule has 10 heteroatoms. The topological polar surface area (TPSA) is 101 Å². The molecule has 0 unspecified atom stereocenters. The number of anilines is 2. The molecule has 0 amide bonds. The van der Waals surface area contributed by atoms with Gasteiger partial charge in [-0.05, 0) is 0 Å². The minimum atomic E-state index is -0.329. The van der Waals surface area contributed by atoms with Crippen LogP contribution in [-0.4, -0.2) is 77.2 Å². The average molecular weight is 307 g/mol. The molecule has 2 aromatic heterocycles. The van der Waals surface area contributed by atoms with Gasteiger partial charge in [-0.15, -0.1) is 5.10 Å². The number of nitrogens with zero attached hydrogens (tertiary/aromatic N) is 6. The third kappa shape index (κ3) is 2.29. The summed E-state index contributed by atoms with van der Waals surface area (Å²) < 4.78 is 12.1. The van der Waals surface area contributed by atoms with E-state index < -0.39 is 0 Å². The van der Waals surface area contributed by atoms with Crippen molar-refractivity contribution in [1.82, 2.24) is 24.6 Å². The summed E-state index contributed by atoms with van der Waals surface area (Å²) in [5.74, 6) is 1.48. The lowest BCUT2D eigenvalue weighted by molar-refractivity contribution is 0.121. The second-order valence-corrected chi connectivity index (χ2v) is 5.19. The molecule has 2 aromatic rings. The van der Waals surface area contributed by atoms with Crippen molar-refractivity contribution in [2.24, 2.45) is 0 Å². The minimum Gasteiger partial charge on any atom is -0.378 e. The predicted octanol–water partition coefficient (Wildman–Crippen LogP) is -1.51. The van der Waals surface area contributed by atoms with Crippen LogP contribution in [0.2, 0.25) is 0 Å². The maximum absolute atomic E-state index is 12.0. The number of morpholine rings is 2. The largest absolute Gasteiger partial charge is 0.378 e. The van der Waals surface area contributed by atoms with Crippen LogP contribution in [0.25, 0.3) is 5.78 Å². The molecular weight excluding hydrogens is 290 g/mol. The molecule has 22 heavy (non-hydrogen) atoms. The highest BCUT2D eigenvalue weighted by atomic mass is 16.5. The number of aromatic amines is 1. The highest BCUT2D eigenvalue weighted by Gasteiger charge is 2.22. The third-order valence-electron chi connectivity index (χ3n) is 3.84. The molecule has 0 saturated carbocycles. The second-order valence-electron chi connectivity index (χ2n) is 5.19. The molecule has 0 aliphatic carbocycles. The first-order valence-corrected chi connectivity index (χ1v) is 7.33. The van der Waals surface area contributed by atoms with Crippen molar-refractivity contribution in [2.45, 2.75) is 0 Å². The number of rotatable bonds is 2. The molecule has 0 aromatic carbocycles. The number of hydrogen-bond donors (Lipinski definition) is 1. The molecule has 4 rings (SSSR count). The zero-order chi connectivity index (χ0) is 14.9. The smallest absolute Gasteiger partial charge is 0.351 e. The van der Waals surface area contributed by atoms with Gasteiger partial charge in [0.1, 0.15) is 0 Å². The lowest BCUT2D eigenvalue weighted by atomic mass is 10.4. The molecular formula is C12H17N7O3. The van der Waals surface area contributed by atoms with E-state index in [0.717, 1.165) is 13.1 Å². The number of fused-ring (bicyclic) bond motifs is 1. The highest BCUT2D eigenvalue weighted by molar-refractivity contribution is 5.48. The summed E-state index contributed by atoms with van der Waals surface area (Å²) in [5, 5.41) is 6.43. The summed E-state index contributed by atoms with van der Waals surface area (Å²) in [6.07, 6.45) is 0. The first kappa shape index (κ1) is 13.5. The van der Waals surface area contributed by atoms with Gasteiger partial charge in [0.15, 0.2) is 0 Å². The molecule has 1 N–H and O–H groups in total. The van der Waals surface area contributed by atoms with Crippen molar-refractivity contribution in [3.8, 4) is 0 Å². The van der Waals surface area contributed by atoms with E-state index in [1.54, 1.807) is 0 Å². The molecule has 0 bridgehead atoms. The molecule has 2 saturated heterocycles. The first-order valence-electron chi connectivity index (χ1n) is 7.33. The Balaban J connectivity index is 1.80. The van der Waals surface area contributed by atoms with Gasteiger partial charge in [-0.25, -0.2) is 9.89 Å². The van der Waals surface area contributed by atoms with E-state index in [9.17, 15) is 4.79 Å². The second kappa shape index (κ2) is 5.54. The fourth-order valence-electron chi connectivity index (χ4n) is 2.68. The molecule has 0 atom stereocenters. The fourth-order valence-corrected chi connectivity index (χ4v) is 2.68. The number of ether oxygens (including phenoxy) is 2. The maximum Gasteiger partial charge on any atom is 0.351 e. The number of aromatic nitrogens is 5. The Labute approximate surface area is 125 Å². The lowest BCUT2D eigenvalue weighted by Gasteiger charge is -2.30. The SMILES string of the molecule is O=c1[nH]nc2nc(N3CCOCC3)nc(N3CCOCC3)n12. The van der Waals surface area contributed by atoms with Gasteiger partial charge in [0.2, 0.25) is 11.9 Å². The van der Waals surface area contributed by atoms with Crippen molar-refractivity contribution in [3.63, 3.8) is 0 Å². The summed E-state index contributed by atoms with van der Waals surface area (Å²) in [6.45, 7) is 5.36. The van der Waals surface area contributed by atoms with Gasteiger partial charge in [0.05, 0.1) is 26.4 Å². The fraction of sp³-hybridized carbons (Fsp3) is 0.667. The van der Waals surface area contributed by atoms with Gasteiger partial charge >= 0.3 is 5.69 Å². The van der Waals surface area contributed by atoms with Crippen molar-refractivity contribution < 1.29 is 9.47 Å². The zero-order valence-electron chi connectivity index (χ0n) is 12.1. The van der Waals surface area contributed by atoms with E-state index in [0.29, 0.717) is 57.2 Å². The summed E-state index contributed by atoms with van der Waals surface area (Å²) in [4.78, 5) is 25.1. The molecule has 2 aliphatic heterocycles. The van der Waals surface area contributed by atoms with Gasteiger partial charge in [-0.3, -0.25) is 0 Å². The summed E-state index contributed by atoms with van der Waals surface area (Å²) in [7, 11) is 0. The van der Waals surface area contributed by atoms with Crippen molar-refractivity contribution in [1.29, 1.82) is 0 Å². The normalized spacial score (nSPS) is 19.8. The lowest BCUT2D eigenvalue weighted by Crippen LogP contribution is -2.41. The Morgan fingerprint density at radius 2 is 1.55 bits per heavy atom. The van der Waals surface area contributed by atoms with Gasteiger partial charge in [-0.1, -0.05) is 0 Å². The predicted molar refractivity (Wildman–Crippen MR) is 77.5 cm³/mol. The van der Waals surface area contributed by atoms with Crippen LogP contribution in [0, 0.1) is 0 Å². The van der Waals surface area contributed by atoms with E-state index in [1.807, 2.05) is 9.80 Å². The van der Waals surface area contributed by atoms with Crippen molar-refractivity contribution >= 4 is 17.7 Å². The standard InChI is InChI=1S/C12H17N7O3/c20-12-16-15-10-13-9(17-1-5-21-6-2-17)14-11(19(10)12)18-3-7-22-8-4-18/h1-8H2,(H,16,20). The van der Waals surface area contributed by atoms with Crippen molar-refractivity contribution in [3.05, 3.63) is 10.5 Å². The quantitative estimate of drug-likeness (QED) is 0.714. The molecule has 2 fully saturated rings. The molecule has 0 radical (unpaired) electrons. The van der Waals surface area contributed by atoms with Crippen LogP contribution in [-0.2, 0) is 9.47 Å². The molecule has 4 heterocycles. The van der Waals surface area contributed by atoms with Gasteiger partial charge in [-0.2, -0.15) is 14.4 Å². The van der Waals surface area contributed by atoms with Crippen LogP contribution < -0.4 is 15.5 Å². The summed E-state index contributed by atoms with van der Waals surface area (Å²) >= 11 is 0. The Bertz CT molecular complexity index is 715. The average Bonchev–Trinajstić information content (AvgIpc) is 2.97. The van der Waals surface area contributed by atoms with Crippen LogP contribution in [0.3, 0.4) is 0 Å². The van der Waals surface area contributed by atoms with Crippen molar-refractivity contribution in [2.75, 3.05) is 62.4 Å². The van der Waals surface area contributed by atoms with Gasteiger partial charge < -0.3 is 19.3 Å². The molecule has 10 nitrogen and oxygen atoms in total. The number of hydrogen-bond acceptors (Lipinski definition) is 8. The van der Waals surface area contributed by atoms with Crippen LogP contribution >= 0.6 is 0 Å². The van der Waals surface area contributed by atoms with E-state index in [4.69, 9.17) is 9.47 Å². The van der Waals surface area contributed by atoms with E-state index in [1.165, 1.54) is 4.40 Å². The third-order valence-corrected chi connectivity index (χ3v) is 3.84. The van der Waals surface area contributed by atoms with E-state index >= 15 is 0 Å². The van der Waals surface area contributed by atoms with E-state index in [-0.39, 0.29) is 5.69 Å². The van der Waals surface area contributed by atoms with Gasteiger partial charge in [0, 0.05) is 26.2 Å². The van der Waals surface area contributed by atoms with Crippen LogP contribution in [0.1, 0.15) is 0 Å². The van der Waals surface area contributed by atoms with E-state index in [2.05, 4.69) is 20.2 Å². The Hall–Kier alpha value is -2.20. The highest BCUT2D eigenvalue weighted by Crippen LogP contribution is 2.18.